The van der Waals surface area contributed by atoms with Crippen LogP contribution in [-0.4, -0.2) is 58.2 Å². The molecule has 1 aliphatic rings. The second-order valence-electron chi connectivity index (χ2n) is 3.09. The first-order valence-corrected chi connectivity index (χ1v) is 6.10. The molecule has 1 saturated heterocycles. The Kier molecular flexibility index (Phi) is 6.11. The lowest BCUT2D eigenvalue weighted by molar-refractivity contribution is -0.128. The molecule has 1 rings (SSSR count). The molecule has 0 aromatic rings. The second kappa shape index (κ2) is 6.26. The number of carbonyl (C=O) groups excluding carboxylic acids is 1. The Morgan fingerprint density at radius 3 is 2.40 bits per heavy atom. The van der Waals surface area contributed by atoms with Crippen LogP contribution < -0.4 is 10.0 Å². The van der Waals surface area contributed by atoms with Crippen LogP contribution in [0.15, 0.2) is 0 Å². The number of rotatable bonds is 3. The van der Waals surface area contributed by atoms with Gasteiger partial charge in [-0.3, -0.25) is 4.79 Å². The van der Waals surface area contributed by atoms with Gasteiger partial charge in [0.1, 0.15) is 5.75 Å². The van der Waals surface area contributed by atoms with Crippen molar-refractivity contribution >= 4 is 28.3 Å². The van der Waals surface area contributed by atoms with Crippen molar-refractivity contribution in [3.8, 4) is 0 Å². The summed E-state index contributed by atoms with van der Waals surface area (Å²) in [5.74, 6) is -0.787. The van der Waals surface area contributed by atoms with Crippen molar-refractivity contribution < 1.29 is 13.2 Å². The number of sulfonamides is 1. The molecule has 0 aromatic heterocycles. The van der Waals surface area contributed by atoms with Crippen LogP contribution in [0.4, 0.5) is 0 Å². The second-order valence-corrected chi connectivity index (χ2v) is 5.02. The van der Waals surface area contributed by atoms with Crippen LogP contribution in [0.25, 0.3) is 0 Å². The molecule has 6 nitrogen and oxygen atoms in total. The van der Waals surface area contributed by atoms with Gasteiger partial charge in [-0.25, -0.2) is 13.1 Å². The molecule has 0 aromatic carbocycles. The van der Waals surface area contributed by atoms with Crippen molar-refractivity contribution in [2.45, 2.75) is 0 Å². The number of amides is 1. The molecule has 2 N–H and O–H groups in total. The van der Waals surface area contributed by atoms with Gasteiger partial charge in [0, 0.05) is 26.2 Å². The van der Waals surface area contributed by atoms with Gasteiger partial charge in [-0.05, 0) is 7.05 Å². The summed E-state index contributed by atoms with van der Waals surface area (Å²) in [6.07, 6.45) is 0. The summed E-state index contributed by atoms with van der Waals surface area (Å²) in [5.41, 5.74) is 0. The fourth-order valence-electron chi connectivity index (χ4n) is 1.24. The number of nitrogens with zero attached hydrogens (tertiary/aromatic N) is 1. The van der Waals surface area contributed by atoms with E-state index < -0.39 is 15.8 Å². The van der Waals surface area contributed by atoms with E-state index in [2.05, 4.69) is 10.0 Å². The first kappa shape index (κ1) is 14.6. The third kappa shape index (κ3) is 4.78. The Morgan fingerprint density at radius 1 is 1.40 bits per heavy atom. The van der Waals surface area contributed by atoms with Crippen molar-refractivity contribution in [1.29, 1.82) is 0 Å². The maximum Gasteiger partial charge on any atom is 0.239 e. The van der Waals surface area contributed by atoms with E-state index in [1.54, 1.807) is 4.90 Å². The zero-order valence-corrected chi connectivity index (χ0v) is 10.2. The van der Waals surface area contributed by atoms with Gasteiger partial charge in [-0.15, -0.1) is 12.4 Å². The molecule has 8 heteroatoms. The monoisotopic (exact) mass is 257 g/mol. The molecule has 15 heavy (non-hydrogen) atoms. The number of hydrogen-bond acceptors (Lipinski definition) is 4. The minimum Gasteiger partial charge on any atom is -0.339 e. The minimum absolute atomic E-state index is 0. The molecule has 90 valence electrons. The highest BCUT2D eigenvalue weighted by atomic mass is 35.5. The normalized spacial score (nSPS) is 17.0. The van der Waals surface area contributed by atoms with Crippen molar-refractivity contribution in [2.75, 3.05) is 39.0 Å². The van der Waals surface area contributed by atoms with Crippen molar-refractivity contribution in [1.82, 2.24) is 14.9 Å². The van der Waals surface area contributed by atoms with Crippen LogP contribution in [0, 0.1) is 0 Å². The molecular weight excluding hydrogens is 242 g/mol. The predicted octanol–water partition coefficient (Wildman–Crippen LogP) is -1.61. The van der Waals surface area contributed by atoms with Crippen LogP contribution in [0.2, 0.25) is 0 Å². The van der Waals surface area contributed by atoms with E-state index in [1.165, 1.54) is 7.05 Å². The fraction of sp³-hybridized carbons (Fsp3) is 0.857. The zero-order valence-electron chi connectivity index (χ0n) is 8.52. The summed E-state index contributed by atoms with van der Waals surface area (Å²) in [6.45, 7) is 2.62. The van der Waals surface area contributed by atoms with E-state index in [-0.39, 0.29) is 18.3 Å². The largest absolute Gasteiger partial charge is 0.339 e. The molecule has 0 spiro atoms. The van der Waals surface area contributed by atoms with Crippen molar-refractivity contribution in [2.24, 2.45) is 0 Å². The van der Waals surface area contributed by atoms with E-state index in [4.69, 9.17) is 0 Å². The van der Waals surface area contributed by atoms with E-state index in [0.717, 1.165) is 13.1 Å². The van der Waals surface area contributed by atoms with Crippen LogP contribution in [0.5, 0.6) is 0 Å². The summed E-state index contributed by atoms with van der Waals surface area (Å²) < 4.78 is 24.3. The van der Waals surface area contributed by atoms with Gasteiger partial charge in [0.15, 0.2) is 0 Å². The van der Waals surface area contributed by atoms with Gasteiger partial charge >= 0.3 is 0 Å². The Balaban J connectivity index is 0.00000196. The maximum absolute atomic E-state index is 11.5. The molecule has 1 amide bonds. The average molecular weight is 258 g/mol. The lowest BCUT2D eigenvalue weighted by Gasteiger charge is -2.27. The Morgan fingerprint density at radius 2 is 1.93 bits per heavy atom. The van der Waals surface area contributed by atoms with E-state index in [1.807, 2.05) is 0 Å². The lowest BCUT2D eigenvalue weighted by Crippen LogP contribution is -2.48. The van der Waals surface area contributed by atoms with Gasteiger partial charge in [0.2, 0.25) is 15.9 Å². The third-order valence-electron chi connectivity index (χ3n) is 2.09. The summed E-state index contributed by atoms with van der Waals surface area (Å²) in [5, 5.41) is 3.09. The van der Waals surface area contributed by atoms with Crippen molar-refractivity contribution in [3.63, 3.8) is 0 Å². The molecule has 0 aliphatic carbocycles. The summed E-state index contributed by atoms with van der Waals surface area (Å²) in [4.78, 5) is 13.0. The summed E-state index contributed by atoms with van der Waals surface area (Å²) in [7, 11) is -2.12. The van der Waals surface area contributed by atoms with Crippen LogP contribution >= 0.6 is 12.4 Å². The zero-order chi connectivity index (χ0) is 10.6. The third-order valence-corrected chi connectivity index (χ3v) is 3.34. The highest BCUT2D eigenvalue weighted by molar-refractivity contribution is 7.90. The molecule has 0 radical (unpaired) electrons. The predicted molar refractivity (Wildman–Crippen MR) is 59.5 cm³/mol. The number of hydrogen-bond donors (Lipinski definition) is 2. The molecule has 0 atom stereocenters. The maximum atomic E-state index is 11.5. The molecule has 0 unspecified atom stereocenters. The van der Waals surface area contributed by atoms with Gasteiger partial charge in [0.05, 0.1) is 0 Å². The van der Waals surface area contributed by atoms with Gasteiger partial charge in [-0.1, -0.05) is 0 Å². The summed E-state index contributed by atoms with van der Waals surface area (Å²) >= 11 is 0. The molecule has 0 saturated carbocycles. The standard InChI is InChI=1S/C7H15N3O3S.ClH/c1-8-14(12,13)6-7(11)10-4-2-9-3-5-10;/h8-9H,2-6H2,1H3;1H. The van der Waals surface area contributed by atoms with Gasteiger partial charge in [-0.2, -0.15) is 0 Å². The quantitative estimate of drug-likeness (QED) is 0.638. The highest BCUT2D eigenvalue weighted by Gasteiger charge is 2.21. The first-order valence-electron chi connectivity index (χ1n) is 4.45. The fourth-order valence-corrected chi connectivity index (χ4v) is 1.89. The van der Waals surface area contributed by atoms with E-state index in [0.29, 0.717) is 13.1 Å². The SMILES string of the molecule is CNS(=O)(=O)CC(=O)N1CCNCC1.Cl. The molecule has 0 bridgehead atoms. The Bertz CT molecular complexity index is 301. The lowest BCUT2D eigenvalue weighted by atomic mass is 10.3. The van der Waals surface area contributed by atoms with E-state index >= 15 is 0 Å². The Labute approximate surface area is 95.9 Å². The summed E-state index contributed by atoms with van der Waals surface area (Å²) in [6, 6.07) is 0. The molecular formula is C7H16ClN3O3S. The van der Waals surface area contributed by atoms with E-state index in [9.17, 15) is 13.2 Å². The number of nitrogens with one attached hydrogen (secondary N) is 2. The van der Waals surface area contributed by atoms with Crippen LogP contribution in [0.1, 0.15) is 0 Å². The number of halogens is 1. The smallest absolute Gasteiger partial charge is 0.239 e. The average Bonchev–Trinajstić information content (AvgIpc) is 2.19. The van der Waals surface area contributed by atoms with Crippen LogP contribution in [-0.2, 0) is 14.8 Å². The van der Waals surface area contributed by atoms with Gasteiger partial charge < -0.3 is 10.2 Å². The highest BCUT2D eigenvalue weighted by Crippen LogP contribution is 1.95. The van der Waals surface area contributed by atoms with Gasteiger partial charge in [0.25, 0.3) is 0 Å². The Hall–Kier alpha value is -0.370. The first-order chi connectivity index (χ1) is 6.55. The van der Waals surface area contributed by atoms with Crippen molar-refractivity contribution in [3.05, 3.63) is 0 Å². The molecule has 1 heterocycles. The number of carbonyl (C=O) groups is 1. The molecule has 1 aliphatic heterocycles. The topological polar surface area (TPSA) is 78.5 Å². The van der Waals surface area contributed by atoms with Crippen LogP contribution in [0.3, 0.4) is 0 Å². The molecule has 1 fully saturated rings. The minimum atomic E-state index is -3.43. The number of piperazine rings is 1.